The van der Waals surface area contributed by atoms with Crippen molar-refractivity contribution in [3.05, 3.63) is 48.5 Å². The van der Waals surface area contributed by atoms with Crippen molar-refractivity contribution in [2.75, 3.05) is 25.0 Å². The van der Waals surface area contributed by atoms with E-state index in [1.165, 1.54) is 5.56 Å². The molecule has 0 unspecified atom stereocenters. The third kappa shape index (κ3) is 3.33. The summed E-state index contributed by atoms with van der Waals surface area (Å²) in [5.74, 6) is 0.685. The van der Waals surface area contributed by atoms with Crippen LogP contribution in [-0.2, 0) is 11.3 Å². The zero-order valence-electron chi connectivity index (χ0n) is 13.1. The molecular formula is C17H21N5O. The van der Waals surface area contributed by atoms with Gasteiger partial charge in [-0.05, 0) is 30.2 Å². The summed E-state index contributed by atoms with van der Waals surface area (Å²) in [6.07, 6.45) is 9.32. The van der Waals surface area contributed by atoms with Gasteiger partial charge < -0.3 is 10.1 Å². The first kappa shape index (κ1) is 14.5. The molecule has 2 aromatic rings. The van der Waals surface area contributed by atoms with Crippen LogP contribution in [0.1, 0.15) is 18.4 Å². The van der Waals surface area contributed by atoms with Crippen molar-refractivity contribution in [2.24, 2.45) is 0 Å². The van der Waals surface area contributed by atoms with Crippen LogP contribution in [0.15, 0.2) is 43.0 Å². The lowest BCUT2D eigenvalue weighted by Gasteiger charge is -2.23. The minimum Gasteiger partial charge on any atom is -0.371 e. The van der Waals surface area contributed by atoms with Crippen LogP contribution in [0.3, 0.4) is 0 Å². The van der Waals surface area contributed by atoms with Gasteiger partial charge in [0.25, 0.3) is 0 Å². The molecule has 120 valence electrons. The topological polar surface area (TPSA) is 63.2 Å². The van der Waals surface area contributed by atoms with Gasteiger partial charge in [0.05, 0.1) is 18.2 Å². The Kier molecular flexibility index (Phi) is 3.93. The van der Waals surface area contributed by atoms with E-state index in [-0.39, 0.29) is 5.60 Å². The molecule has 0 bridgehead atoms. The van der Waals surface area contributed by atoms with Gasteiger partial charge in [-0.2, -0.15) is 0 Å². The van der Waals surface area contributed by atoms with E-state index in [4.69, 9.17) is 4.74 Å². The van der Waals surface area contributed by atoms with Crippen LogP contribution in [0.2, 0.25) is 0 Å². The van der Waals surface area contributed by atoms with Crippen molar-refractivity contribution >= 4 is 5.95 Å². The molecule has 4 heterocycles. The molecule has 2 aromatic heterocycles. The van der Waals surface area contributed by atoms with E-state index < -0.39 is 0 Å². The fraction of sp³-hybridized carbons (Fsp3) is 0.471. The Morgan fingerprint density at radius 3 is 2.87 bits per heavy atom. The number of ether oxygens (including phenoxy) is 1. The van der Waals surface area contributed by atoms with Gasteiger partial charge in [0, 0.05) is 50.8 Å². The summed E-state index contributed by atoms with van der Waals surface area (Å²) in [4.78, 5) is 15.0. The van der Waals surface area contributed by atoms with Gasteiger partial charge in [0.1, 0.15) is 0 Å². The molecule has 2 saturated heterocycles. The number of hydrogen-bond donors (Lipinski definition) is 1. The molecule has 1 N–H and O–H groups in total. The summed E-state index contributed by atoms with van der Waals surface area (Å²) in [5.41, 5.74) is 1.29. The third-order valence-electron chi connectivity index (χ3n) is 4.66. The highest BCUT2D eigenvalue weighted by atomic mass is 16.5. The van der Waals surface area contributed by atoms with Crippen molar-refractivity contribution in [2.45, 2.75) is 31.0 Å². The SMILES string of the molecule is c1cnc(N[C@@H]2CO[C@@]3(CCN(Cc4ccncc4)C3)C2)nc1. The minimum absolute atomic E-state index is 0.0144. The maximum atomic E-state index is 6.18. The fourth-order valence-corrected chi connectivity index (χ4v) is 3.59. The third-order valence-corrected chi connectivity index (χ3v) is 4.66. The molecule has 2 atom stereocenters. The quantitative estimate of drug-likeness (QED) is 0.927. The number of nitrogens with one attached hydrogen (secondary N) is 1. The number of hydrogen-bond acceptors (Lipinski definition) is 6. The summed E-state index contributed by atoms with van der Waals surface area (Å²) in [7, 11) is 0. The second kappa shape index (κ2) is 6.22. The summed E-state index contributed by atoms with van der Waals surface area (Å²) >= 11 is 0. The second-order valence-corrected chi connectivity index (χ2v) is 6.43. The molecule has 0 radical (unpaired) electrons. The summed E-state index contributed by atoms with van der Waals surface area (Å²) in [6, 6.07) is 6.28. The lowest BCUT2D eigenvalue weighted by Crippen LogP contribution is -2.33. The normalized spacial score (nSPS) is 27.6. The van der Waals surface area contributed by atoms with Gasteiger partial charge in [-0.3, -0.25) is 9.88 Å². The molecule has 2 aliphatic rings. The summed E-state index contributed by atoms with van der Waals surface area (Å²) in [5, 5.41) is 3.38. The van der Waals surface area contributed by atoms with Crippen molar-refractivity contribution in [1.29, 1.82) is 0 Å². The van der Waals surface area contributed by atoms with Crippen LogP contribution < -0.4 is 5.32 Å². The van der Waals surface area contributed by atoms with Crippen molar-refractivity contribution < 1.29 is 4.74 Å². The number of rotatable bonds is 4. The Hall–Kier alpha value is -2.05. The van der Waals surface area contributed by atoms with Gasteiger partial charge in [-0.25, -0.2) is 9.97 Å². The average molecular weight is 311 g/mol. The monoisotopic (exact) mass is 311 g/mol. The molecule has 0 amide bonds. The lowest BCUT2D eigenvalue weighted by atomic mass is 9.97. The first-order valence-corrected chi connectivity index (χ1v) is 8.10. The predicted octanol–water partition coefficient (Wildman–Crippen LogP) is 1.72. The van der Waals surface area contributed by atoms with Crippen LogP contribution in [0, 0.1) is 0 Å². The van der Waals surface area contributed by atoms with Crippen LogP contribution in [-0.4, -0.2) is 51.2 Å². The van der Waals surface area contributed by atoms with Gasteiger partial charge in [0.15, 0.2) is 0 Å². The predicted molar refractivity (Wildman–Crippen MR) is 86.9 cm³/mol. The number of aromatic nitrogens is 3. The van der Waals surface area contributed by atoms with E-state index in [1.807, 2.05) is 18.5 Å². The molecular weight excluding hydrogens is 290 g/mol. The smallest absolute Gasteiger partial charge is 0.222 e. The Labute approximate surface area is 135 Å². The maximum absolute atomic E-state index is 6.18. The van der Waals surface area contributed by atoms with Crippen molar-refractivity contribution in [3.8, 4) is 0 Å². The lowest BCUT2D eigenvalue weighted by molar-refractivity contribution is 0.0120. The van der Waals surface area contributed by atoms with E-state index in [1.54, 1.807) is 12.4 Å². The van der Waals surface area contributed by atoms with E-state index in [2.05, 4.69) is 37.3 Å². The molecule has 1 spiro atoms. The second-order valence-electron chi connectivity index (χ2n) is 6.43. The van der Waals surface area contributed by atoms with E-state index >= 15 is 0 Å². The number of likely N-dealkylation sites (tertiary alicyclic amines) is 1. The number of nitrogens with zero attached hydrogens (tertiary/aromatic N) is 4. The molecule has 2 fully saturated rings. The van der Waals surface area contributed by atoms with Crippen LogP contribution in [0.25, 0.3) is 0 Å². The molecule has 23 heavy (non-hydrogen) atoms. The largest absolute Gasteiger partial charge is 0.371 e. The van der Waals surface area contributed by atoms with Gasteiger partial charge in [-0.1, -0.05) is 0 Å². The van der Waals surface area contributed by atoms with E-state index in [0.717, 1.165) is 39.1 Å². The summed E-state index contributed by atoms with van der Waals surface area (Å²) < 4.78 is 6.18. The molecule has 6 nitrogen and oxygen atoms in total. The molecule has 4 rings (SSSR count). The highest BCUT2D eigenvalue weighted by Gasteiger charge is 2.45. The Balaban J connectivity index is 1.34. The number of pyridine rings is 1. The zero-order valence-corrected chi connectivity index (χ0v) is 13.1. The standard InChI is InChI=1S/C17H21N5O/c1-5-19-16(20-6-1)21-15-10-17(23-12-15)4-9-22(13-17)11-14-2-7-18-8-3-14/h1-3,5-8,15H,4,9-13H2,(H,19,20,21)/t15-,17-/m0/s1. The molecule has 0 aliphatic carbocycles. The van der Waals surface area contributed by atoms with Crippen LogP contribution >= 0.6 is 0 Å². The van der Waals surface area contributed by atoms with Gasteiger partial charge in [0.2, 0.25) is 5.95 Å². The highest BCUT2D eigenvalue weighted by molar-refractivity contribution is 5.25. The van der Waals surface area contributed by atoms with Crippen molar-refractivity contribution in [1.82, 2.24) is 19.9 Å². The Bertz CT molecular complexity index is 578. The Morgan fingerprint density at radius 2 is 2.04 bits per heavy atom. The maximum Gasteiger partial charge on any atom is 0.222 e. The highest BCUT2D eigenvalue weighted by Crippen LogP contribution is 2.36. The van der Waals surface area contributed by atoms with E-state index in [9.17, 15) is 0 Å². The van der Waals surface area contributed by atoms with Crippen molar-refractivity contribution in [3.63, 3.8) is 0 Å². The van der Waals surface area contributed by atoms with Crippen LogP contribution in [0.4, 0.5) is 5.95 Å². The molecule has 6 heteroatoms. The van der Waals surface area contributed by atoms with E-state index in [0.29, 0.717) is 12.0 Å². The minimum atomic E-state index is -0.0144. The first-order valence-electron chi connectivity index (χ1n) is 8.10. The number of anilines is 1. The molecule has 0 aromatic carbocycles. The molecule has 0 saturated carbocycles. The van der Waals surface area contributed by atoms with Gasteiger partial charge >= 0.3 is 0 Å². The first-order chi connectivity index (χ1) is 11.3. The zero-order chi connectivity index (χ0) is 15.5. The molecule has 2 aliphatic heterocycles. The van der Waals surface area contributed by atoms with Gasteiger partial charge in [-0.15, -0.1) is 0 Å². The fourth-order valence-electron chi connectivity index (χ4n) is 3.59. The summed E-state index contributed by atoms with van der Waals surface area (Å²) in [6.45, 7) is 3.76. The average Bonchev–Trinajstić information content (AvgIpc) is 3.16. The van der Waals surface area contributed by atoms with Crippen LogP contribution in [0.5, 0.6) is 0 Å². The Morgan fingerprint density at radius 1 is 1.22 bits per heavy atom.